The van der Waals surface area contributed by atoms with E-state index < -0.39 is 5.69 Å². The van der Waals surface area contributed by atoms with Crippen LogP contribution in [0.1, 0.15) is 5.56 Å². The summed E-state index contributed by atoms with van der Waals surface area (Å²) in [6.45, 7) is 2.78. The molecule has 1 atom stereocenters. The summed E-state index contributed by atoms with van der Waals surface area (Å²) in [6.07, 6.45) is -0.242. The summed E-state index contributed by atoms with van der Waals surface area (Å²) in [6, 6.07) is 8.10. The van der Waals surface area contributed by atoms with E-state index in [9.17, 15) is 9.59 Å². The molecule has 4 rings (SSSR count). The van der Waals surface area contributed by atoms with Crippen molar-refractivity contribution in [3.63, 3.8) is 0 Å². The highest BCUT2D eigenvalue weighted by Crippen LogP contribution is 2.26. The number of rotatable bonds is 3. The van der Waals surface area contributed by atoms with Gasteiger partial charge < -0.3 is 9.47 Å². The van der Waals surface area contributed by atoms with Crippen molar-refractivity contribution >= 4 is 11.2 Å². The Bertz CT molecular complexity index is 1090. The molecule has 0 bridgehead atoms. The van der Waals surface area contributed by atoms with Gasteiger partial charge in [-0.25, -0.2) is 4.79 Å². The van der Waals surface area contributed by atoms with E-state index in [0.29, 0.717) is 30.3 Å². The van der Waals surface area contributed by atoms with Crippen LogP contribution in [0.4, 0.5) is 0 Å². The molecule has 130 valence electrons. The number of hydrogen-bond acceptors (Lipinski definition) is 5. The van der Waals surface area contributed by atoms with E-state index >= 15 is 0 Å². The number of fused-ring (bicyclic) bond motifs is 3. The number of para-hydroxylation sites is 1. The normalized spacial score (nSPS) is 16.0. The average molecular weight is 342 g/mol. The van der Waals surface area contributed by atoms with Crippen LogP contribution in [-0.4, -0.2) is 31.4 Å². The number of ether oxygens (including phenoxy) is 2. The summed E-state index contributed by atoms with van der Waals surface area (Å²) in [5.74, 6) is 0.804. The topological polar surface area (TPSA) is 80.3 Å². The molecule has 2 aromatic heterocycles. The largest absolute Gasteiger partial charge is 0.489 e. The first-order valence-corrected chi connectivity index (χ1v) is 7.98. The van der Waals surface area contributed by atoms with Gasteiger partial charge in [0.25, 0.3) is 11.6 Å². The zero-order valence-corrected chi connectivity index (χ0v) is 14.2. The van der Waals surface area contributed by atoms with Crippen LogP contribution in [0.2, 0.25) is 0 Å². The Balaban J connectivity index is 1.63. The summed E-state index contributed by atoms with van der Waals surface area (Å²) in [5.41, 5.74) is 0.974. The van der Waals surface area contributed by atoms with Gasteiger partial charge in [0.15, 0.2) is 17.3 Å². The number of nitrogens with zero attached hydrogens (tertiary/aromatic N) is 4. The number of benzene rings is 1. The standard InChI is InChI=1S/C17H18N4O4/c1-10-6-4-5-7-12(10)24-9-11-8-21-13-14(18-16(21)25-11)19(2)17(23)20(3)15(13)22/h4-7,11H,8-9H2,1-3H3/t11-/m0/s1. The number of aryl methyl sites for hydroxylation is 2. The van der Waals surface area contributed by atoms with E-state index in [1.165, 1.54) is 11.6 Å². The molecular formula is C17H18N4O4. The summed E-state index contributed by atoms with van der Waals surface area (Å²) >= 11 is 0. The van der Waals surface area contributed by atoms with Crippen LogP contribution in [0.25, 0.3) is 11.2 Å². The molecule has 25 heavy (non-hydrogen) atoms. The Morgan fingerprint density at radius 3 is 2.76 bits per heavy atom. The van der Waals surface area contributed by atoms with Crippen molar-refractivity contribution < 1.29 is 9.47 Å². The Hall–Kier alpha value is -3.03. The lowest BCUT2D eigenvalue weighted by Crippen LogP contribution is -2.37. The van der Waals surface area contributed by atoms with Crippen molar-refractivity contribution in [1.29, 1.82) is 0 Å². The van der Waals surface area contributed by atoms with Gasteiger partial charge in [0.05, 0.1) is 6.54 Å². The maximum atomic E-state index is 12.5. The predicted molar refractivity (Wildman–Crippen MR) is 91.3 cm³/mol. The summed E-state index contributed by atoms with van der Waals surface area (Å²) in [7, 11) is 3.05. The monoisotopic (exact) mass is 342 g/mol. The van der Waals surface area contributed by atoms with Crippen molar-refractivity contribution in [3.05, 3.63) is 50.7 Å². The molecule has 1 aliphatic heterocycles. The van der Waals surface area contributed by atoms with Crippen molar-refractivity contribution in [3.8, 4) is 11.8 Å². The van der Waals surface area contributed by atoms with Gasteiger partial charge in [0.1, 0.15) is 12.4 Å². The lowest BCUT2D eigenvalue weighted by atomic mass is 10.2. The second-order valence-corrected chi connectivity index (χ2v) is 6.20. The molecule has 0 amide bonds. The molecule has 1 aromatic carbocycles. The van der Waals surface area contributed by atoms with Crippen molar-refractivity contribution in [2.24, 2.45) is 14.1 Å². The third-order valence-electron chi connectivity index (χ3n) is 4.49. The minimum Gasteiger partial charge on any atom is -0.489 e. The van der Waals surface area contributed by atoms with E-state index in [0.717, 1.165) is 15.9 Å². The highest BCUT2D eigenvalue weighted by atomic mass is 16.6. The Morgan fingerprint density at radius 1 is 1.24 bits per heavy atom. The molecule has 8 heteroatoms. The fourth-order valence-electron chi connectivity index (χ4n) is 3.06. The van der Waals surface area contributed by atoms with Gasteiger partial charge in [-0.05, 0) is 18.6 Å². The number of imidazole rings is 1. The molecule has 0 fully saturated rings. The number of hydrogen-bond donors (Lipinski definition) is 0. The summed E-state index contributed by atoms with van der Waals surface area (Å²) in [5, 5.41) is 0. The molecule has 0 spiro atoms. The highest BCUT2D eigenvalue weighted by Gasteiger charge is 2.30. The summed E-state index contributed by atoms with van der Waals surface area (Å²) < 4.78 is 15.8. The second kappa shape index (κ2) is 5.51. The predicted octanol–water partition coefficient (Wildman–Crippen LogP) is 0.582. The first kappa shape index (κ1) is 15.5. The van der Waals surface area contributed by atoms with E-state index in [4.69, 9.17) is 9.47 Å². The van der Waals surface area contributed by atoms with E-state index in [-0.39, 0.29) is 11.7 Å². The van der Waals surface area contributed by atoms with Crippen LogP contribution in [0.15, 0.2) is 33.9 Å². The van der Waals surface area contributed by atoms with Crippen molar-refractivity contribution in [2.45, 2.75) is 19.6 Å². The summed E-state index contributed by atoms with van der Waals surface area (Å²) in [4.78, 5) is 28.8. The van der Waals surface area contributed by atoms with E-state index in [2.05, 4.69) is 4.98 Å². The smallest absolute Gasteiger partial charge is 0.332 e. The van der Waals surface area contributed by atoms with Gasteiger partial charge in [0.2, 0.25) is 0 Å². The molecule has 0 saturated heterocycles. The van der Waals surface area contributed by atoms with E-state index in [1.54, 1.807) is 11.6 Å². The molecule has 1 aliphatic rings. The molecule has 0 saturated carbocycles. The zero-order valence-electron chi connectivity index (χ0n) is 14.2. The van der Waals surface area contributed by atoms with Crippen LogP contribution < -0.4 is 20.7 Å². The van der Waals surface area contributed by atoms with E-state index in [1.807, 2.05) is 31.2 Å². The molecular weight excluding hydrogens is 324 g/mol. The maximum Gasteiger partial charge on any atom is 0.332 e. The molecule has 0 aliphatic carbocycles. The Kier molecular flexibility index (Phi) is 3.41. The third kappa shape index (κ3) is 2.33. The van der Waals surface area contributed by atoms with Crippen LogP contribution in [0, 0.1) is 6.92 Å². The first-order valence-electron chi connectivity index (χ1n) is 7.98. The lowest BCUT2D eigenvalue weighted by molar-refractivity contribution is 0.143. The Morgan fingerprint density at radius 2 is 2.00 bits per heavy atom. The molecule has 8 nitrogen and oxygen atoms in total. The number of aromatic nitrogens is 4. The SMILES string of the molecule is Cc1ccccc1OC[C@@H]1Cn2c(nc3c2c(=O)n(C)c(=O)n3C)O1. The fourth-order valence-corrected chi connectivity index (χ4v) is 3.06. The third-order valence-corrected chi connectivity index (χ3v) is 4.49. The lowest BCUT2D eigenvalue weighted by Gasteiger charge is -2.13. The zero-order chi connectivity index (χ0) is 17.7. The Labute approximate surface area is 142 Å². The molecule has 3 heterocycles. The van der Waals surface area contributed by atoms with Gasteiger partial charge in [-0.2, -0.15) is 4.98 Å². The van der Waals surface area contributed by atoms with Crippen LogP contribution in [0.3, 0.4) is 0 Å². The van der Waals surface area contributed by atoms with Crippen LogP contribution in [0.5, 0.6) is 11.8 Å². The second-order valence-electron chi connectivity index (χ2n) is 6.20. The highest BCUT2D eigenvalue weighted by molar-refractivity contribution is 5.72. The van der Waals surface area contributed by atoms with Gasteiger partial charge in [-0.1, -0.05) is 18.2 Å². The minimum absolute atomic E-state index is 0.242. The average Bonchev–Trinajstić information content (AvgIpc) is 3.14. The minimum atomic E-state index is -0.409. The maximum absolute atomic E-state index is 12.5. The van der Waals surface area contributed by atoms with Crippen molar-refractivity contribution in [1.82, 2.24) is 18.7 Å². The molecule has 0 radical (unpaired) electrons. The fraction of sp³-hybridized carbons (Fsp3) is 0.353. The molecule has 0 N–H and O–H groups in total. The quantitative estimate of drug-likeness (QED) is 0.696. The van der Waals surface area contributed by atoms with Gasteiger partial charge in [-0.15, -0.1) is 0 Å². The van der Waals surface area contributed by atoms with Gasteiger partial charge >= 0.3 is 5.69 Å². The van der Waals surface area contributed by atoms with Gasteiger partial charge in [0, 0.05) is 14.1 Å². The van der Waals surface area contributed by atoms with Crippen LogP contribution >= 0.6 is 0 Å². The first-order chi connectivity index (χ1) is 12.0. The van der Waals surface area contributed by atoms with Gasteiger partial charge in [-0.3, -0.25) is 18.5 Å². The van der Waals surface area contributed by atoms with Crippen LogP contribution in [-0.2, 0) is 20.6 Å². The molecule has 3 aromatic rings. The van der Waals surface area contributed by atoms with Crippen molar-refractivity contribution in [2.75, 3.05) is 6.61 Å². The molecule has 0 unspecified atom stereocenters.